The van der Waals surface area contributed by atoms with E-state index in [1.54, 1.807) is 62.4 Å². The molecule has 11 atom stereocenters. The van der Waals surface area contributed by atoms with E-state index in [1.165, 1.54) is 26.0 Å². The molecule has 6 rings (SSSR count). The number of benzene rings is 2. The average molecular weight is 848 g/mol. The van der Waals surface area contributed by atoms with Crippen molar-refractivity contribution in [3.05, 3.63) is 82.9 Å². The second-order valence-electron chi connectivity index (χ2n) is 17.1. The van der Waals surface area contributed by atoms with Crippen molar-refractivity contribution < 1.29 is 72.6 Å². The summed E-state index contributed by atoms with van der Waals surface area (Å²) in [6.45, 7) is 7.90. The van der Waals surface area contributed by atoms with Crippen LogP contribution in [0.1, 0.15) is 95.6 Å². The zero-order chi connectivity index (χ0) is 44.7. The Kier molecular flexibility index (Phi) is 12.8. The largest absolute Gasteiger partial charge is 0.456 e. The fraction of sp³-hybridized carbons (Fsp3) is 0.533. The van der Waals surface area contributed by atoms with Gasteiger partial charge >= 0.3 is 23.9 Å². The van der Waals surface area contributed by atoms with Crippen LogP contribution in [-0.2, 0) is 52.5 Å². The molecule has 1 saturated heterocycles. The molecule has 4 aliphatic rings. The first-order valence-corrected chi connectivity index (χ1v) is 20.3. The summed E-state index contributed by atoms with van der Waals surface area (Å²) in [6.07, 6.45) is -9.65. The number of hydrogen-bond acceptors (Lipinski definition) is 15. The molecule has 328 valence electrons. The number of aliphatic hydroxyl groups is 3. The minimum Gasteiger partial charge on any atom is -0.456 e. The molecule has 2 aromatic rings. The lowest BCUT2D eigenvalue weighted by atomic mass is 9.44. The van der Waals surface area contributed by atoms with Gasteiger partial charge in [0.05, 0.1) is 35.6 Å². The van der Waals surface area contributed by atoms with Crippen LogP contribution in [0, 0.1) is 16.7 Å². The lowest BCUT2D eigenvalue weighted by Gasteiger charge is -2.67. The lowest BCUT2D eigenvalue weighted by molar-refractivity contribution is -0.346. The Bertz CT molecular complexity index is 2090. The maximum Gasteiger partial charge on any atom is 0.338 e. The van der Waals surface area contributed by atoms with E-state index in [-0.39, 0.29) is 49.0 Å². The molecule has 2 aromatic carbocycles. The average Bonchev–Trinajstić information content (AvgIpc) is 3.21. The number of Topliss-reactive ketones (excluding diaryl/α,β-unsaturated/α-hetero) is 1. The smallest absolute Gasteiger partial charge is 0.338 e. The second kappa shape index (κ2) is 17.2. The van der Waals surface area contributed by atoms with Crippen LogP contribution >= 0.6 is 0 Å². The molecule has 0 aromatic heterocycles. The van der Waals surface area contributed by atoms with Crippen LogP contribution in [0.15, 0.2) is 71.8 Å². The van der Waals surface area contributed by atoms with Gasteiger partial charge in [-0.15, -0.1) is 0 Å². The van der Waals surface area contributed by atoms with Gasteiger partial charge in [0, 0.05) is 44.9 Å². The van der Waals surface area contributed by atoms with Crippen LogP contribution in [0.3, 0.4) is 0 Å². The number of ether oxygens (including phenoxy) is 5. The standard InChI is InChI=1S/C45H53NO15/c1-24-29(59-41(55)35(52)34(27-15-9-7-10-16-27)46-32(51)19-13-14-20-47)22-45(56)39(60-40(54)28-17-11-8-12-18-28)37-43(6,30(50)21-31-44(37,23-57-31)61-26(3)49)38(53)36(58-25(2)48)33(24)42(45,4)5/h7-12,15-18,20,29-31,34-37,39,50,52,56H,13-14,19,21-23H2,1-6H3,(H,46,51)/t29-,30-,31+,34+,35+,36+,37-,39-,43+,44-,45+/m0/s1. The quantitative estimate of drug-likeness (QED) is 0.0746. The minimum absolute atomic E-state index is 0.0158. The zero-order valence-corrected chi connectivity index (χ0v) is 35.0. The summed E-state index contributed by atoms with van der Waals surface area (Å²) in [5.41, 5.74) is -7.36. The monoisotopic (exact) mass is 847 g/mol. The van der Waals surface area contributed by atoms with Crippen molar-refractivity contribution in [2.24, 2.45) is 16.7 Å². The van der Waals surface area contributed by atoms with Crippen molar-refractivity contribution >= 4 is 41.9 Å². The maximum absolute atomic E-state index is 15.4. The van der Waals surface area contributed by atoms with Gasteiger partial charge in [-0.05, 0) is 49.1 Å². The molecule has 1 amide bonds. The molecule has 3 fully saturated rings. The Labute approximate surface area is 352 Å². The zero-order valence-electron chi connectivity index (χ0n) is 35.0. The topological polar surface area (TPSA) is 238 Å². The third kappa shape index (κ3) is 7.90. The molecule has 16 heteroatoms. The van der Waals surface area contributed by atoms with Gasteiger partial charge < -0.3 is 49.1 Å². The predicted molar refractivity (Wildman–Crippen MR) is 212 cm³/mol. The molecule has 4 N–H and O–H groups in total. The van der Waals surface area contributed by atoms with Crippen molar-refractivity contribution in [3.8, 4) is 0 Å². The molecule has 1 heterocycles. The minimum atomic E-state index is -2.40. The molecule has 0 radical (unpaired) electrons. The molecule has 61 heavy (non-hydrogen) atoms. The molecule has 0 unspecified atom stereocenters. The highest BCUT2D eigenvalue weighted by molar-refractivity contribution is 5.95. The number of amides is 1. The lowest BCUT2D eigenvalue weighted by Crippen LogP contribution is -2.82. The Morgan fingerprint density at radius 3 is 2.16 bits per heavy atom. The number of fused-ring (bicyclic) bond motifs is 5. The van der Waals surface area contributed by atoms with Gasteiger partial charge in [0.1, 0.15) is 30.2 Å². The van der Waals surface area contributed by atoms with Gasteiger partial charge in [-0.1, -0.05) is 62.4 Å². The molecular weight excluding hydrogens is 794 g/mol. The first kappa shape index (κ1) is 45.2. The number of esters is 4. The van der Waals surface area contributed by atoms with Gasteiger partial charge in [0.15, 0.2) is 23.6 Å². The summed E-state index contributed by atoms with van der Waals surface area (Å²) in [5, 5.41) is 40.0. The molecule has 3 aliphatic carbocycles. The van der Waals surface area contributed by atoms with Crippen LogP contribution in [-0.4, -0.2) is 112 Å². The van der Waals surface area contributed by atoms with Crippen LogP contribution in [0.2, 0.25) is 0 Å². The van der Waals surface area contributed by atoms with Gasteiger partial charge in [-0.3, -0.25) is 19.2 Å². The number of rotatable bonds is 13. The number of aldehydes is 1. The van der Waals surface area contributed by atoms with E-state index in [4.69, 9.17) is 23.7 Å². The highest BCUT2D eigenvalue weighted by atomic mass is 16.6. The predicted octanol–water partition coefficient (Wildman–Crippen LogP) is 2.79. The summed E-state index contributed by atoms with van der Waals surface area (Å²) in [4.78, 5) is 93.6. The van der Waals surface area contributed by atoms with E-state index in [2.05, 4.69) is 5.32 Å². The summed E-state index contributed by atoms with van der Waals surface area (Å²) in [5.74, 6) is -6.87. The third-order valence-corrected chi connectivity index (χ3v) is 13.2. The van der Waals surface area contributed by atoms with Gasteiger partial charge in [-0.2, -0.15) is 0 Å². The van der Waals surface area contributed by atoms with Crippen molar-refractivity contribution in [2.75, 3.05) is 6.61 Å². The van der Waals surface area contributed by atoms with E-state index in [9.17, 15) is 44.1 Å². The molecule has 16 nitrogen and oxygen atoms in total. The van der Waals surface area contributed by atoms with E-state index in [1.807, 2.05) is 0 Å². The van der Waals surface area contributed by atoms with Gasteiger partial charge in [-0.25, -0.2) is 9.59 Å². The van der Waals surface area contributed by atoms with Crippen molar-refractivity contribution in [1.82, 2.24) is 5.32 Å². The number of carbonyl (C=O) groups excluding carboxylic acids is 7. The Morgan fingerprint density at radius 2 is 1.59 bits per heavy atom. The van der Waals surface area contributed by atoms with Crippen LogP contribution in [0.25, 0.3) is 0 Å². The maximum atomic E-state index is 15.4. The Hall–Kier alpha value is -5.29. The number of unbranched alkanes of at least 4 members (excludes halogenated alkanes) is 1. The van der Waals surface area contributed by atoms with E-state index < -0.39 is 113 Å². The summed E-state index contributed by atoms with van der Waals surface area (Å²) in [7, 11) is 0. The molecule has 2 saturated carbocycles. The highest BCUT2D eigenvalue weighted by Gasteiger charge is 2.78. The number of nitrogens with one attached hydrogen (secondary N) is 1. The normalized spacial score (nSPS) is 32.2. The summed E-state index contributed by atoms with van der Waals surface area (Å²) in [6, 6.07) is 14.6. The van der Waals surface area contributed by atoms with E-state index in [0.29, 0.717) is 11.8 Å². The molecule has 2 bridgehead atoms. The van der Waals surface area contributed by atoms with Crippen LogP contribution in [0.4, 0.5) is 0 Å². The first-order chi connectivity index (χ1) is 28.7. The first-order valence-electron chi connectivity index (χ1n) is 20.3. The van der Waals surface area contributed by atoms with Crippen LogP contribution < -0.4 is 5.32 Å². The fourth-order valence-electron chi connectivity index (χ4n) is 9.96. The number of hydrogen-bond donors (Lipinski definition) is 4. The number of carbonyl (C=O) groups is 7. The van der Waals surface area contributed by atoms with Crippen molar-refractivity contribution in [2.45, 2.75) is 128 Å². The van der Waals surface area contributed by atoms with Crippen molar-refractivity contribution in [3.63, 3.8) is 0 Å². The second-order valence-corrected chi connectivity index (χ2v) is 17.1. The SMILES string of the molecule is CC(=O)O[C@H]1C(=O)[C@@]2(C)[C@H]([C@H](OC(=O)c3ccccc3)[C@]3(O)C[C@H](OC(=O)[C@H](O)[C@H](NC(=O)CCCC=O)c4ccccc4)C(C)=C1C3(C)C)[C@]1(OC(C)=O)CO[C@@H]1C[C@@H]2O. The third-order valence-electron chi connectivity index (χ3n) is 13.2. The van der Waals surface area contributed by atoms with Crippen molar-refractivity contribution in [1.29, 1.82) is 0 Å². The Balaban J connectivity index is 1.52. The number of aliphatic hydroxyl groups excluding tert-OH is 2. The fourth-order valence-corrected chi connectivity index (χ4v) is 9.96. The molecule has 0 spiro atoms. The van der Waals surface area contributed by atoms with Gasteiger partial charge in [0.2, 0.25) is 5.91 Å². The Morgan fingerprint density at radius 1 is 0.951 bits per heavy atom. The molecular formula is C45H53NO15. The van der Waals surface area contributed by atoms with E-state index >= 15 is 4.79 Å². The summed E-state index contributed by atoms with van der Waals surface area (Å²) < 4.78 is 30.1. The highest BCUT2D eigenvalue weighted by Crippen LogP contribution is 2.64. The number of ketones is 1. The molecule has 1 aliphatic heterocycles. The van der Waals surface area contributed by atoms with Crippen LogP contribution in [0.5, 0.6) is 0 Å². The summed E-state index contributed by atoms with van der Waals surface area (Å²) >= 11 is 0. The van der Waals surface area contributed by atoms with Gasteiger partial charge in [0.25, 0.3) is 0 Å². The van der Waals surface area contributed by atoms with E-state index in [0.717, 1.165) is 13.8 Å².